The van der Waals surface area contributed by atoms with Crippen LogP contribution < -0.4 is 5.32 Å². The Morgan fingerprint density at radius 1 is 1.21 bits per heavy atom. The number of halogens is 1. The van der Waals surface area contributed by atoms with Crippen molar-refractivity contribution < 1.29 is 4.42 Å². The Hall–Kier alpha value is -2.18. The number of aryl methyl sites for hydroxylation is 1. The van der Waals surface area contributed by atoms with E-state index >= 15 is 0 Å². The molecule has 6 heteroatoms. The fourth-order valence-electron chi connectivity index (χ4n) is 3.67. The number of pyridine rings is 1. The average molecular weight is 456 g/mol. The molecule has 2 atom stereocenters. The van der Waals surface area contributed by atoms with E-state index in [0.717, 1.165) is 45.3 Å². The van der Waals surface area contributed by atoms with Gasteiger partial charge in [-0.05, 0) is 67.5 Å². The molecule has 1 fully saturated rings. The molecule has 1 saturated heterocycles. The highest BCUT2D eigenvalue weighted by Gasteiger charge is 2.41. The van der Waals surface area contributed by atoms with Crippen LogP contribution in [-0.4, -0.2) is 21.5 Å². The molecule has 0 bridgehead atoms. The quantitative estimate of drug-likeness (QED) is 0.492. The highest BCUT2D eigenvalue weighted by Crippen LogP contribution is 2.41. The van der Waals surface area contributed by atoms with Gasteiger partial charge in [-0.15, -0.1) is 0 Å². The van der Waals surface area contributed by atoms with Crippen LogP contribution >= 0.6 is 28.1 Å². The van der Waals surface area contributed by atoms with Gasteiger partial charge in [0.25, 0.3) is 0 Å². The lowest BCUT2D eigenvalue weighted by atomic mass is 10.0. The second-order valence-electron chi connectivity index (χ2n) is 7.01. The van der Waals surface area contributed by atoms with E-state index in [-0.39, 0.29) is 12.1 Å². The summed E-state index contributed by atoms with van der Waals surface area (Å²) in [6.45, 7) is 5.10. The minimum atomic E-state index is -0.0410. The Balaban J connectivity index is 1.73. The molecule has 4 rings (SSSR count). The molecule has 0 radical (unpaired) electrons. The van der Waals surface area contributed by atoms with Crippen LogP contribution in [-0.2, 0) is 0 Å². The van der Waals surface area contributed by atoms with E-state index in [4.69, 9.17) is 16.6 Å². The normalized spacial score (nSPS) is 19.1. The summed E-state index contributed by atoms with van der Waals surface area (Å²) in [5.74, 6) is 1.73. The number of furan rings is 1. The summed E-state index contributed by atoms with van der Waals surface area (Å²) in [6, 6.07) is 16.3. The molecule has 28 heavy (non-hydrogen) atoms. The number of hydrogen-bond donors (Lipinski definition) is 1. The zero-order valence-corrected chi connectivity index (χ0v) is 18.3. The van der Waals surface area contributed by atoms with Crippen LogP contribution in [0.3, 0.4) is 0 Å². The van der Waals surface area contributed by atoms with E-state index in [1.54, 1.807) is 0 Å². The van der Waals surface area contributed by atoms with Gasteiger partial charge in [-0.3, -0.25) is 4.98 Å². The fraction of sp³-hybridized carbons (Fsp3) is 0.273. The van der Waals surface area contributed by atoms with E-state index in [1.165, 1.54) is 5.56 Å². The summed E-state index contributed by atoms with van der Waals surface area (Å²) in [4.78, 5) is 6.77. The highest BCUT2D eigenvalue weighted by molar-refractivity contribution is 9.10. The minimum Gasteiger partial charge on any atom is -0.459 e. The van der Waals surface area contributed by atoms with Gasteiger partial charge >= 0.3 is 0 Å². The largest absolute Gasteiger partial charge is 0.459 e. The van der Waals surface area contributed by atoms with Crippen molar-refractivity contribution in [3.05, 3.63) is 76.2 Å². The van der Waals surface area contributed by atoms with E-state index in [0.29, 0.717) is 0 Å². The van der Waals surface area contributed by atoms with Gasteiger partial charge in [0.2, 0.25) is 0 Å². The molecule has 3 aromatic rings. The first-order valence-corrected chi connectivity index (χ1v) is 10.6. The number of nitrogens with zero attached hydrogens (tertiary/aromatic N) is 2. The minimum absolute atomic E-state index is 0.0275. The Labute approximate surface area is 179 Å². The molecule has 4 nitrogen and oxygen atoms in total. The topological polar surface area (TPSA) is 41.3 Å². The van der Waals surface area contributed by atoms with E-state index in [2.05, 4.69) is 69.2 Å². The zero-order valence-electron chi connectivity index (χ0n) is 15.9. The van der Waals surface area contributed by atoms with Crippen LogP contribution in [0.4, 0.5) is 0 Å². The molecule has 0 saturated carbocycles. The monoisotopic (exact) mass is 455 g/mol. The standard InChI is InChI=1S/C22H22BrN3OS/c1-3-12-26-21(20(25-22(26)28)17-6-4-5-11-24-17)19-10-9-18(27-19)15-8-7-14(2)13-16(15)23/h4-11,13,20-21H,3,12H2,1-2H3,(H,25,28)/t20-,21-/m0/s1. The van der Waals surface area contributed by atoms with Crippen molar-refractivity contribution in [3.63, 3.8) is 0 Å². The predicted octanol–water partition coefficient (Wildman–Crippen LogP) is 5.80. The number of nitrogens with one attached hydrogen (secondary N) is 1. The third kappa shape index (κ3) is 3.59. The molecule has 1 aromatic carbocycles. The number of aromatic nitrogens is 1. The maximum atomic E-state index is 6.35. The van der Waals surface area contributed by atoms with Crippen LogP contribution in [0.1, 0.15) is 42.4 Å². The smallest absolute Gasteiger partial charge is 0.170 e. The van der Waals surface area contributed by atoms with Crippen molar-refractivity contribution in [3.8, 4) is 11.3 Å². The molecule has 1 aliphatic heterocycles. The van der Waals surface area contributed by atoms with Crippen LogP contribution in [0.2, 0.25) is 0 Å². The van der Waals surface area contributed by atoms with E-state index in [9.17, 15) is 0 Å². The van der Waals surface area contributed by atoms with Crippen LogP contribution in [0.25, 0.3) is 11.3 Å². The summed E-state index contributed by atoms with van der Waals surface area (Å²) >= 11 is 9.29. The van der Waals surface area contributed by atoms with Crippen molar-refractivity contribution in [2.75, 3.05) is 6.54 Å². The summed E-state index contributed by atoms with van der Waals surface area (Å²) in [6.07, 6.45) is 2.82. The van der Waals surface area contributed by atoms with Gasteiger partial charge in [0, 0.05) is 22.8 Å². The third-order valence-electron chi connectivity index (χ3n) is 4.97. The zero-order chi connectivity index (χ0) is 19.7. The lowest BCUT2D eigenvalue weighted by Gasteiger charge is -2.25. The number of benzene rings is 1. The maximum absolute atomic E-state index is 6.35. The van der Waals surface area contributed by atoms with Gasteiger partial charge in [0.1, 0.15) is 17.6 Å². The first-order chi connectivity index (χ1) is 13.6. The molecule has 0 spiro atoms. The Bertz CT molecular complexity index is 988. The highest BCUT2D eigenvalue weighted by atomic mass is 79.9. The summed E-state index contributed by atoms with van der Waals surface area (Å²) in [5, 5.41) is 4.19. The summed E-state index contributed by atoms with van der Waals surface area (Å²) in [5.41, 5.74) is 3.21. The Morgan fingerprint density at radius 3 is 2.79 bits per heavy atom. The lowest BCUT2D eigenvalue weighted by Crippen LogP contribution is -2.30. The molecule has 1 aliphatic rings. The van der Waals surface area contributed by atoms with Crippen molar-refractivity contribution in [2.45, 2.75) is 32.4 Å². The van der Waals surface area contributed by atoms with Gasteiger partial charge in [-0.2, -0.15) is 0 Å². The molecule has 0 unspecified atom stereocenters. The molecular weight excluding hydrogens is 434 g/mol. The SMILES string of the molecule is CCCN1C(=S)N[C@@H](c2ccccn2)[C@@H]1c1ccc(-c2ccc(C)cc2Br)o1. The van der Waals surface area contributed by atoms with Crippen molar-refractivity contribution >= 4 is 33.3 Å². The third-order valence-corrected chi connectivity index (χ3v) is 5.98. The lowest BCUT2D eigenvalue weighted by molar-refractivity contribution is 0.275. The Kier molecular flexibility index (Phi) is 5.51. The number of hydrogen-bond acceptors (Lipinski definition) is 3. The number of rotatable bonds is 5. The fourth-order valence-corrected chi connectivity index (χ4v) is 4.69. The Morgan fingerprint density at radius 2 is 2.07 bits per heavy atom. The van der Waals surface area contributed by atoms with Crippen LogP contribution in [0, 0.1) is 6.92 Å². The molecule has 144 valence electrons. The van der Waals surface area contributed by atoms with Gasteiger partial charge in [-0.25, -0.2) is 0 Å². The van der Waals surface area contributed by atoms with Gasteiger partial charge in [0.05, 0.1) is 11.7 Å². The summed E-state index contributed by atoms with van der Waals surface area (Å²) < 4.78 is 7.38. The van der Waals surface area contributed by atoms with Gasteiger partial charge in [-0.1, -0.05) is 35.0 Å². The second-order valence-corrected chi connectivity index (χ2v) is 8.25. The second kappa shape index (κ2) is 8.05. The van der Waals surface area contributed by atoms with Gasteiger partial charge in [0.15, 0.2) is 5.11 Å². The van der Waals surface area contributed by atoms with Gasteiger partial charge < -0.3 is 14.6 Å². The average Bonchev–Trinajstić information content (AvgIpc) is 3.28. The maximum Gasteiger partial charge on any atom is 0.170 e. The van der Waals surface area contributed by atoms with E-state index in [1.807, 2.05) is 30.5 Å². The number of thiocarbonyl (C=S) groups is 1. The van der Waals surface area contributed by atoms with Crippen molar-refractivity contribution in [1.29, 1.82) is 0 Å². The van der Waals surface area contributed by atoms with Crippen LogP contribution in [0.5, 0.6) is 0 Å². The first kappa shape index (κ1) is 19.2. The summed E-state index contributed by atoms with van der Waals surface area (Å²) in [7, 11) is 0. The molecular formula is C22H22BrN3OS. The van der Waals surface area contributed by atoms with Crippen LogP contribution in [0.15, 0.2) is 63.6 Å². The predicted molar refractivity (Wildman–Crippen MR) is 119 cm³/mol. The molecule has 3 heterocycles. The molecule has 2 aromatic heterocycles. The molecule has 0 amide bonds. The van der Waals surface area contributed by atoms with Crippen molar-refractivity contribution in [1.82, 2.24) is 15.2 Å². The van der Waals surface area contributed by atoms with E-state index < -0.39 is 0 Å². The first-order valence-electron chi connectivity index (χ1n) is 9.43. The molecule has 0 aliphatic carbocycles. The molecule has 1 N–H and O–H groups in total. The van der Waals surface area contributed by atoms with Crippen molar-refractivity contribution in [2.24, 2.45) is 0 Å².